The Kier molecular flexibility index (Phi) is 5.23. The van der Waals surface area contributed by atoms with Crippen LogP contribution in [0.1, 0.15) is 53.4 Å². The van der Waals surface area contributed by atoms with Gasteiger partial charge in [-0.3, -0.25) is 4.79 Å². The number of hydrogen-bond donors (Lipinski definition) is 1. The summed E-state index contributed by atoms with van der Waals surface area (Å²) in [4.78, 5) is 10.7. The third kappa shape index (κ3) is 7.97. The first-order chi connectivity index (χ1) is 5.83. The lowest BCUT2D eigenvalue weighted by Crippen LogP contribution is -2.16. The van der Waals surface area contributed by atoms with Crippen LogP contribution in [0.15, 0.2) is 0 Å². The summed E-state index contributed by atoms with van der Waals surface area (Å²) in [7, 11) is 0. The molecule has 0 heterocycles. The van der Waals surface area contributed by atoms with Gasteiger partial charge in [-0.15, -0.1) is 0 Å². The number of carbonyl (C=O) groups is 1. The molecular weight excluding hydrogens is 164 g/mol. The number of hydrogen-bond acceptors (Lipinski definition) is 2. The average molecular weight is 186 g/mol. The Morgan fingerprint density at radius 1 is 1.31 bits per heavy atom. The van der Waals surface area contributed by atoms with Crippen LogP contribution in [0.4, 0.5) is 0 Å². The van der Waals surface area contributed by atoms with Crippen LogP contribution in [-0.2, 0) is 4.79 Å². The molecule has 0 aromatic carbocycles. The van der Waals surface area contributed by atoms with E-state index >= 15 is 0 Å². The van der Waals surface area contributed by atoms with E-state index < -0.39 is 6.10 Å². The fourth-order valence-electron chi connectivity index (χ4n) is 1.20. The maximum atomic E-state index is 10.7. The number of aliphatic hydroxyl groups is 1. The van der Waals surface area contributed by atoms with Gasteiger partial charge in [-0.1, -0.05) is 33.6 Å². The molecule has 0 aliphatic rings. The van der Waals surface area contributed by atoms with E-state index in [4.69, 9.17) is 0 Å². The summed E-state index contributed by atoms with van der Waals surface area (Å²) >= 11 is 0. The zero-order valence-corrected chi connectivity index (χ0v) is 9.26. The van der Waals surface area contributed by atoms with Crippen LogP contribution in [0.5, 0.6) is 0 Å². The van der Waals surface area contributed by atoms with Crippen molar-refractivity contribution in [2.24, 2.45) is 5.41 Å². The number of unbranched alkanes of at least 4 members (excludes halogenated alkanes) is 1. The lowest BCUT2D eigenvalue weighted by atomic mass is 9.89. The van der Waals surface area contributed by atoms with Crippen molar-refractivity contribution in [2.45, 2.75) is 59.5 Å². The van der Waals surface area contributed by atoms with E-state index in [1.807, 2.05) is 0 Å². The highest BCUT2D eigenvalue weighted by molar-refractivity contribution is 5.79. The van der Waals surface area contributed by atoms with Gasteiger partial charge in [0, 0.05) is 0 Å². The topological polar surface area (TPSA) is 37.3 Å². The largest absolute Gasteiger partial charge is 0.385 e. The fraction of sp³-hybridized carbons (Fsp3) is 0.909. The van der Waals surface area contributed by atoms with E-state index in [-0.39, 0.29) is 5.78 Å². The Morgan fingerprint density at radius 2 is 1.85 bits per heavy atom. The van der Waals surface area contributed by atoms with Crippen LogP contribution >= 0.6 is 0 Å². The van der Waals surface area contributed by atoms with Crippen molar-refractivity contribution < 1.29 is 9.90 Å². The fourth-order valence-corrected chi connectivity index (χ4v) is 1.20. The molecule has 0 aliphatic carbocycles. The molecule has 2 nitrogen and oxygen atoms in total. The molecule has 1 atom stereocenters. The summed E-state index contributed by atoms with van der Waals surface area (Å²) in [6, 6.07) is 0. The standard InChI is InChI=1S/C11H22O2/c1-9(12)10(13)7-5-6-8-11(2,3)4/h10,13H,5-8H2,1-4H3. The predicted molar refractivity (Wildman–Crippen MR) is 54.6 cm³/mol. The molecule has 0 rings (SSSR count). The van der Waals surface area contributed by atoms with Crippen molar-refractivity contribution in [1.82, 2.24) is 0 Å². The van der Waals surface area contributed by atoms with Gasteiger partial charge in [-0.25, -0.2) is 0 Å². The van der Waals surface area contributed by atoms with Gasteiger partial charge in [0.2, 0.25) is 0 Å². The van der Waals surface area contributed by atoms with Crippen LogP contribution in [0.25, 0.3) is 0 Å². The van der Waals surface area contributed by atoms with Crippen molar-refractivity contribution in [1.29, 1.82) is 0 Å². The van der Waals surface area contributed by atoms with E-state index in [1.54, 1.807) is 0 Å². The molecule has 1 N–H and O–H groups in total. The number of rotatable bonds is 5. The highest BCUT2D eigenvalue weighted by atomic mass is 16.3. The third-order valence-corrected chi connectivity index (χ3v) is 2.12. The SMILES string of the molecule is CC(=O)C(O)CCCCC(C)(C)C. The average Bonchev–Trinajstić information content (AvgIpc) is 1.95. The monoisotopic (exact) mass is 186 g/mol. The molecule has 13 heavy (non-hydrogen) atoms. The Morgan fingerprint density at radius 3 is 2.23 bits per heavy atom. The molecule has 0 aromatic heterocycles. The van der Waals surface area contributed by atoms with Crippen LogP contribution in [0.3, 0.4) is 0 Å². The normalized spacial score (nSPS) is 14.2. The lowest BCUT2D eigenvalue weighted by molar-refractivity contribution is -0.125. The van der Waals surface area contributed by atoms with E-state index in [9.17, 15) is 9.90 Å². The summed E-state index contributed by atoms with van der Waals surface area (Å²) in [6.45, 7) is 8.05. The van der Waals surface area contributed by atoms with E-state index in [0.717, 1.165) is 19.3 Å². The number of Topliss-reactive ketones (excluding diaryl/α,β-unsaturated/α-hetero) is 1. The molecule has 78 valence electrons. The van der Waals surface area contributed by atoms with Gasteiger partial charge < -0.3 is 5.11 Å². The number of aliphatic hydroxyl groups excluding tert-OH is 1. The molecule has 1 unspecified atom stereocenters. The molecule has 0 spiro atoms. The van der Waals surface area contributed by atoms with Crippen molar-refractivity contribution in [3.8, 4) is 0 Å². The van der Waals surface area contributed by atoms with Gasteiger partial charge in [0.15, 0.2) is 5.78 Å². The lowest BCUT2D eigenvalue weighted by Gasteiger charge is -2.17. The quantitative estimate of drug-likeness (QED) is 0.670. The van der Waals surface area contributed by atoms with Crippen molar-refractivity contribution >= 4 is 5.78 Å². The minimum atomic E-state index is -0.736. The summed E-state index contributed by atoms with van der Waals surface area (Å²) in [6.07, 6.45) is 3.06. The first kappa shape index (κ1) is 12.6. The number of carbonyl (C=O) groups excluding carboxylic acids is 1. The molecule has 0 bridgehead atoms. The molecular formula is C11H22O2. The van der Waals surface area contributed by atoms with Crippen molar-refractivity contribution in [3.63, 3.8) is 0 Å². The molecule has 0 radical (unpaired) electrons. The first-order valence-corrected chi connectivity index (χ1v) is 5.01. The molecule has 0 aromatic rings. The Hall–Kier alpha value is -0.370. The second kappa shape index (κ2) is 5.38. The van der Waals surface area contributed by atoms with Gasteiger partial charge in [-0.2, -0.15) is 0 Å². The molecule has 2 heteroatoms. The predicted octanol–water partition coefficient (Wildman–Crippen LogP) is 2.54. The molecule has 0 amide bonds. The van der Waals surface area contributed by atoms with Crippen molar-refractivity contribution in [2.75, 3.05) is 0 Å². The Balaban J connectivity index is 3.41. The minimum absolute atomic E-state index is 0.115. The van der Waals surface area contributed by atoms with E-state index in [0.29, 0.717) is 11.8 Å². The maximum Gasteiger partial charge on any atom is 0.158 e. The van der Waals surface area contributed by atoms with Crippen LogP contribution in [0, 0.1) is 5.41 Å². The van der Waals surface area contributed by atoms with Crippen LogP contribution in [-0.4, -0.2) is 17.0 Å². The molecule has 0 fully saturated rings. The van der Waals surface area contributed by atoms with Gasteiger partial charge in [0.05, 0.1) is 0 Å². The van der Waals surface area contributed by atoms with E-state index in [2.05, 4.69) is 20.8 Å². The second-order valence-electron chi connectivity index (χ2n) is 4.93. The zero-order chi connectivity index (χ0) is 10.5. The van der Waals surface area contributed by atoms with Crippen LogP contribution < -0.4 is 0 Å². The Bertz CT molecular complexity index is 156. The second-order valence-corrected chi connectivity index (χ2v) is 4.93. The highest BCUT2D eigenvalue weighted by Crippen LogP contribution is 2.22. The summed E-state index contributed by atoms with van der Waals surface area (Å²) in [5, 5.41) is 9.21. The summed E-state index contributed by atoms with van der Waals surface area (Å²) < 4.78 is 0. The van der Waals surface area contributed by atoms with Gasteiger partial charge in [0.25, 0.3) is 0 Å². The summed E-state index contributed by atoms with van der Waals surface area (Å²) in [5.74, 6) is -0.115. The smallest absolute Gasteiger partial charge is 0.158 e. The maximum absolute atomic E-state index is 10.7. The molecule has 0 saturated carbocycles. The van der Waals surface area contributed by atoms with Gasteiger partial charge in [-0.05, 0) is 25.2 Å². The van der Waals surface area contributed by atoms with Gasteiger partial charge in [0.1, 0.15) is 6.10 Å². The first-order valence-electron chi connectivity index (χ1n) is 5.01. The zero-order valence-electron chi connectivity index (χ0n) is 9.26. The van der Waals surface area contributed by atoms with E-state index in [1.165, 1.54) is 6.92 Å². The third-order valence-electron chi connectivity index (χ3n) is 2.12. The van der Waals surface area contributed by atoms with Crippen LogP contribution in [0.2, 0.25) is 0 Å². The molecule has 0 aliphatic heterocycles. The minimum Gasteiger partial charge on any atom is -0.385 e. The van der Waals surface area contributed by atoms with Crippen molar-refractivity contribution in [3.05, 3.63) is 0 Å². The Labute approximate surface area is 81.3 Å². The number of ketones is 1. The summed E-state index contributed by atoms with van der Waals surface area (Å²) in [5.41, 5.74) is 0.362. The van der Waals surface area contributed by atoms with Gasteiger partial charge >= 0.3 is 0 Å². The molecule has 0 saturated heterocycles. The highest BCUT2D eigenvalue weighted by Gasteiger charge is 2.12.